The molecule has 10 heteroatoms. The summed E-state index contributed by atoms with van der Waals surface area (Å²) in [7, 11) is -3.83. The van der Waals surface area contributed by atoms with Crippen LogP contribution in [0, 0.1) is 7.14 Å². The number of amides is 1. The quantitative estimate of drug-likeness (QED) is 0.503. The predicted octanol–water partition coefficient (Wildman–Crippen LogP) is 4.57. The lowest BCUT2D eigenvalue weighted by Crippen LogP contribution is -2.42. The van der Waals surface area contributed by atoms with Gasteiger partial charge in [-0.25, -0.2) is 17.2 Å². The van der Waals surface area contributed by atoms with Crippen molar-refractivity contribution in [2.24, 2.45) is 0 Å². The molecule has 1 heterocycles. The van der Waals surface area contributed by atoms with Crippen LogP contribution in [0.4, 0.5) is 14.5 Å². The van der Waals surface area contributed by atoms with Crippen LogP contribution in [0.15, 0.2) is 47.4 Å². The molecule has 0 radical (unpaired) electrons. The number of halogens is 4. The van der Waals surface area contributed by atoms with Crippen LogP contribution in [0.25, 0.3) is 0 Å². The Morgan fingerprint density at radius 3 is 2.18 bits per heavy atom. The fourth-order valence-corrected chi connectivity index (χ4v) is 5.05. The van der Waals surface area contributed by atoms with Gasteiger partial charge in [0.2, 0.25) is 10.0 Å². The number of hydrogen-bond donors (Lipinski definition) is 1. The largest absolute Gasteiger partial charge is 0.322 e. The van der Waals surface area contributed by atoms with E-state index in [1.54, 1.807) is 12.1 Å². The van der Waals surface area contributed by atoms with Gasteiger partial charge in [-0.3, -0.25) is 4.79 Å². The van der Waals surface area contributed by atoms with Gasteiger partial charge in [0.05, 0.1) is 4.90 Å². The number of hydrogen-bond acceptors (Lipinski definition) is 3. The molecule has 1 amide bonds. The number of alkyl halides is 2. The highest BCUT2D eigenvalue weighted by Crippen LogP contribution is 2.31. The highest BCUT2D eigenvalue weighted by Gasteiger charge is 2.38. The summed E-state index contributed by atoms with van der Waals surface area (Å²) in [4.78, 5) is 12.4. The molecule has 28 heavy (non-hydrogen) atoms. The van der Waals surface area contributed by atoms with E-state index in [4.69, 9.17) is 0 Å². The maximum atomic E-state index is 13.3. The van der Waals surface area contributed by atoms with Gasteiger partial charge in [0.1, 0.15) is 0 Å². The molecule has 1 aliphatic heterocycles. The number of nitrogens with zero attached hydrogens (tertiary/aromatic N) is 1. The van der Waals surface area contributed by atoms with Crippen LogP contribution in [0.1, 0.15) is 23.2 Å². The van der Waals surface area contributed by atoms with Gasteiger partial charge >= 0.3 is 0 Å². The van der Waals surface area contributed by atoms with Crippen molar-refractivity contribution in [3.63, 3.8) is 0 Å². The molecule has 2 aromatic rings. The molecule has 0 atom stereocenters. The van der Waals surface area contributed by atoms with Crippen molar-refractivity contribution in [3.05, 3.63) is 55.2 Å². The average Bonchev–Trinajstić information content (AvgIpc) is 2.64. The minimum Gasteiger partial charge on any atom is -0.322 e. The molecule has 0 aromatic heterocycles. The van der Waals surface area contributed by atoms with Gasteiger partial charge in [0, 0.05) is 44.3 Å². The molecule has 1 fully saturated rings. The zero-order valence-corrected chi connectivity index (χ0v) is 19.6. The van der Waals surface area contributed by atoms with Crippen LogP contribution in [0.3, 0.4) is 0 Å². The van der Waals surface area contributed by atoms with Gasteiger partial charge < -0.3 is 5.32 Å². The van der Waals surface area contributed by atoms with Crippen LogP contribution >= 0.6 is 45.2 Å². The van der Waals surface area contributed by atoms with Crippen LogP contribution in [-0.2, 0) is 10.0 Å². The Labute approximate surface area is 189 Å². The highest BCUT2D eigenvalue weighted by atomic mass is 127. The zero-order valence-electron chi connectivity index (χ0n) is 14.5. The molecule has 0 bridgehead atoms. The van der Waals surface area contributed by atoms with Gasteiger partial charge in [-0.05, 0) is 87.6 Å². The molecule has 1 aliphatic rings. The Hall–Kier alpha value is -0.860. The summed E-state index contributed by atoms with van der Waals surface area (Å²) in [5.41, 5.74) is 0.943. The van der Waals surface area contributed by atoms with Gasteiger partial charge in [-0.1, -0.05) is 0 Å². The first-order valence-electron chi connectivity index (χ1n) is 8.33. The molecule has 0 spiro atoms. The number of rotatable bonds is 4. The summed E-state index contributed by atoms with van der Waals surface area (Å²) in [6.45, 7) is -0.418. The van der Waals surface area contributed by atoms with Crippen LogP contribution in [0.2, 0.25) is 0 Å². The van der Waals surface area contributed by atoms with E-state index in [0.29, 0.717) is 11.3 Å². The number of nitrogens with one attached hydrogen (secondary N) is 1. The number of anilines is 1. The van der Waals surface area contributed by atoms with E-state index in [0.717, 1.165) is 11.4 Å². The molecule has 5 nitrogen and oxygen atoms in total. The smallest absolute Gasteiger partial charge is 0.255 e. The second-order valence-electron chi connectivity index (χ2n) is 6.37. The third kappa shape index (κ3) is 5.00. The number of sulfonamides is 1. The minimum atomic E-state index is -3.83. The predicted molar refractivity (Wildman–Crippen MR) is 119 cm³/mol. The Balaban J connectivity index is 1.70. The lowest BCUT2D eigenvalue weighted by Gasteiger charge is -2.30. The van der Waals surface area contributed by atoms with Crippen LogP contribution < -0.4 is 5.32 Å². The summed E-state index contributed by atoms with van der Waals surface area (Å²) in [5.74, 6) is -3.11. The van der Waals surface area contributed by atoms with Gasteiger partial charge in [-0.2, -0.15) is 4.31 Å². The van der Waals surface area contributed by atoms with Gasteiger partial charge in [-0.15, -0.1) is 0 Å². The van der Waals surface area contributed by atoms with E-state index in [1.807, 2.05) is 6.07 Å². The maximum absolute atomic E-state index is 13.3. The standard InChI is InChI=1S/C18H16F2I2N2O3S/c19-18(20)7-9-24(10-8-18)28(26,27)14-4-2-13(3-5-14)23-17(25)12-1-6-15(21)16(22)11-12/h1-6,11H,7-10H2,(H,23,25). The van der Waals surface area contributed by atoms with E-state index < -0.39 is 28.8 Å². The second kappa shape index (κ2) is 8.48. The van der Waals surface area contributed by atoms with E-state index in [9.17, 15) is 22.0 Å². The number of carbonyl (C=O) groups excluding carboxylic acids is 1. The summed E-state index contributed by atoms with van der Waals surface area (Å²) in [5, 5.41) is 2.72. The first kappa shape index (κ1) is 21.8. The van der Waals surface area contributed by atoms with Crippen molar-refractivity contribution in [3.8, 4) is 0 Å². The maximum Gasteiger partial charge on any atom is 0.255 e. The van der Waals surface area contributed by atoms with Gasteiger partial charge in [0.25, 0.3) is 11.8 Å². The lowest BCUT2D eigenvalue weighted by atomic mass is 10.1. The molecule has 2 aromatic carbocycles. The summed E-state index contributed by atoms with van der Waals surface area (Å²) >= 11 is 4.32. The Morgan fingerprint density at radius 2 is 1.61 bits per heavy atom. The second-order valence-corrected chi connectivity index (χ2v) is 10.6. The van der Waals surface area contributed by atoms with Crippen molar-refractivity contribution in [2.75, 3.05) is 18.4 Å². The normalized spacial score (nSPS) is 17.3. The van der Waals surface area contributed by atoms with Crippen LogP contribution in [0.5, 0.6) is 0 Å². The van der Waals surface area contributed by atoms with E-state index in [-0.39, 0.29) is 23.9 Å². The monoisotopic (exact) mass is 632 g/mol. The van der Waals surface area contributed by atoms with Crippen molar-refractivity contribution in [2.45, 2.75) is 23.7 Å². The fraction of sp³-hybridized carbons (Fsp3) is 0.278. The SMILES string of the molecule is O=C(Nc1ccc(S(=O)(=O)N2CCC(F)(F)CC2)cc1)c1ccc(I)c(I)c1. The van der Waals surface area contributed by atoms with Crippen LogP contribution in [-0.4, -0.2) is 37.6 Å². The van der Waals surface area contributed by atoms with Crippen molar-refractivity contribution < 1.29 is 22.0 Å². The van der Waals surface area contributed by atoms with E-state index in [1.165, 1.54) is 24.3 Å². The molecule has 0 unspecified atom stereocenters. The third-order valence-corrected chi connectivity index (χ3v) is 9.16. The number of carbonyl (C=O) groups is 1. The lowest BCUT2D eigenvalue weighted by molar-refractivity contribution is -0.0412. The zero-order chi connectivity index (χ0) is 20.5. The van der Waals surface area contributed by atoms with E-state index >= 15 is 0 Å². The first-order chi connectivity index (χ1) is 13.1. The topological polar surface area (TPSA) is 66.5 Å². The Kier molecular flexibility index (Phi) is 6.61. The summed E-state index contributed by atoms with van der Waals surface area (Å²) in [6.07, 6.45) is -0.954. The molecule has 150 valence electrons. The molecular weight excluding hydrogens is 616 g/mol. The van der Waals surface area contributed by atoms with Crippen molar-refractivity contribution in [1.82, 2.24) is 4.31 Å². The van der Waals surface area contributed by atoms with E-state index in [2.05, 4.69) is 50.5 Å². The third-order valence-electron chi connectivity index (χ3n) is 4.39. The summed E-state index contributed by atoms with van der Waals surface area (Å²) in [6, 6.07) is 11.0. The first-order valence-corrected chi connectivity index (χ1v) is 11.9. The molecule has 1 N–H and O–H groups in total. The Bertz CT molecular complexity index is 988. The molecular formula is C18H16F2I2N2O3S. The van der Waals surface area contributed by atoms with Crippen molar-refractivity contribution >= 4 is 66.8 Å². The van der Waals surface area contributed by atoms with Crippen molar-refractivity contribution in [1.29, 1.82) is 0 Å². The van der Waals surface area contributed by atoms with Gasteiger partial charge in [0.15, 0.2) is 0 Å². The Morgan fingerprint density at radius 1 is 1.00 bits per heavy atom. The average molecular weight is 632 g/mol. The molecule has 0 saturated carbocycles. The highest BCUT2D eigenvalue weighted by molar-refractivity contribution is 14.1. The summed E-state index contributed by atoms with van der Waals surface area (Å²) < 4.78 is 54.8. The number of benzene rings is 2. The minimum absolute atomic E-state index is 0.0135. The molecule has 1 saturated heterocycles. The molecule has 3 rings (SSSR count). The molecule has 0 aliphatic carbocycles. The fourth-order valence-electron chi connectivity index (χ4n) is 2.75. The number of piperidine rings is 1.